The Labute approximate surface area is 194 Å². The highest BCUT2D eigenvalue weighted by Gasteiger charge is 2.46. The molecule has 2 aromatic rings. The Morgan fingerprint density at radius 2 is 1.82 bits per heavy atom. The van der Waals surface area contributed by atoms with Crippen LogP contribution in [0.1, 0.15) is 31.2 Å². The number of nitrogens with two attached hydrogens (primary N) is 2. The van der Waals surface area contributed by atoms with E-state index in [1.807, 2.05) is 60.9 Å². The van der Waals surface area contributed by atoms with E-state index < -0.39 is 0 Å². The zero-order valence-corrected chi connectivity index (χ0v) is 18.9. The molecule has 33 heavy (non-hydrogen) atoms. The van der Waals surface area contributed by atoms with Crippen molar-refractivity contribution >= 4 is 12.1 Å². The molecule has 1 saturated carbocycles. The molecule has 2 aliphatic heterocycles. The van der Waals surface area contributed by atoms with Gasteiger partial charge in [0.15, 0.2) is 11.5 Å². The summed E-state index contributed by atoms with van der Waals surface area (Å²) in [5.74, 6) is 10.7. The number of nitrogens with zero attached hydrogens (tertiary/aromatic N) is 3. The van der Waals surface area contributed by atoms with Crippen molar-refractivity contribution in [1.29, 1.82) is 0 Å². The SMILES string of the molecule is COc1cc(C2=NC(C3CCC(CN)CC3)=C3C=NC=C[N+]23N)ccc1Oc1ccccc1. The zero-order valence-electron chi connectivity index (χ0n) is 18.9. The second-order valence-corrected chi connectivity index (χ2v) is 8.79. The maximum absolute atomic E-state index is 6.92. The predicted octanol–water partition coefficient (Wildman–Crippen LogP) is 4.47. The van der Waals surface area contributed by atoms with Crippen LogP contribution in [0, 0.1) is 11.8 Å². The molecule has 2 aromatic carbocycles. The molecular formula is C26H30N5O2+. The van der Waals surface area contributed by atoms with Crippen LogP contribution in [0.3, 0.4) is 0 Å². The van der Waals surface area contributed by atoms with Crippen molar-refractivity contribution in [2.24, 2.45) is 33.4 Å². The first-order valence-electron chi connectivity index (χ1n) is 11.5. The number of hydrogen-bond acceptors (Lipinski definition) is 6. The van der Waals surface area contributed by atoms with E-state index in [9.17, 15) is 0 Å². The van der Waals surface area contributed by atoms with Gasteiger partial charge in [0.25, 0.3) is 5.84 Å². The number of quaternary nitrogens is 1. The summed E-state index contributed by atoms with van der Waals surface area (Å²) in [7, 11) is 1.64. The number of fused-ring (bicyclic) bond motifs is 1. The van der Waals surface area contributed by atoms with Gasteiger partial charge >= 0.3 is 0 Å². The van der Waals surface area contributed by atoms with Crippen molar-refractivity contribution in [3.8, 4) is 17.2 Å². The van der Waals surface area contributed by atoms with Crippen molar-refractivity contribution < 1.29 is 14.1 Å². The van der Waals surface area contributed by atoms with Gasteiger partial charge in [-0.25, -0.2) is 0 Å². The van der Waals surface area contributed by atoms with Crippen molar-refractivity contribution in [2.45, 2.75) is 25.7 Å². The number of rotatable bonds is 6. The fraction of sp³-hybridized carbons (Fsp3) is 0.308. The van der Waals surface area contributed by atoms with Crippen LogP contribution in [0.15, 0.2) is 82.3 Å². The van der Waals surface area contributed by atoms with Crippen LogP contribution in [-0.2, 0) is 0 Å². The molecule has 1 atom stereocenters. The highest BCUT2D eigenvalue weighted by Crippen LogP contribution is 2.42. The number of benzene rings is 2. The lowest BCUT2D eigenvalue weighted by Gasteiger charge is -2.29. The fourth-order valence-electron chi connectivity index (χ4n) is 4.88. The van der Waals surface area contributed by atoms with Crippen LogP contribution in [0.25, 0.3) is 0 Å². The van der Waals surface area contributed by atoms with Crippen LogP contribution < -0.4 is 21.1 Å². The molecule has 0 spiro atoms. The molecule has 170 valence electrons. The van der Waals surface area contributed by atoms with E-state index in [0.29, 0.717) is 23.3 Å². The minimum atomic E-state index is 0.0116. The van der Waals surface area contributed by atoms with Gasteiger partial charge in [-0.05, 0) is 68.5 Å². The highest BCUT2D eigenvalue weighted by atomic mass is 16.5. The van der Waals surface area contributed by atoms with Gasteiger partial charge < -0.3 is 15.2 Å². The Balaban J connectivity index is 1.48. The van der Waals surface area contributed by atoms with Gasteiger partial charge in [0.05, 0.1) is 25.1 Å². The molecule has 0 radical (unpaired) electrons. The molecule has 5 rings (SSSR count). The van der Waals surface area contributed by atoms with Crippen molar-refractivity contribution in [3.05, 3.63) is 77.9 Å². The van der Waals surface area contributed by atoms with E-state index in [4.69, 9.17) is 26.0 Å². The number of methoxy groups -OCH3 is 1. The lowest BCUT2D eigenvalue weighted by atomic mass is 9.80. The molecular weight excluding hydrogens is 414 g/mol. The normalized spacial score (nSPS) is 26.2. The summed E-state index contributed by atoms with van der Waals surface area (Å²) < 4.78 is 11.7. The average molecular weight is 445 g/mol. The Kier molecular flexibility index (Phi) is 5.85. The largest absolute Gasteiger partial charge is 0.493 e. The van der Waals surface area contributed by atoms with Crippen molar-refractivity contribution in [3.63, 3.8) is 0 Å². The number of para-hydroxylation sites is 1. The standard InChI is InChI=1S/C26H30N5O2/c1-32-24-15-20(11-12-23(24)33-21-5-3-2-4-6-21)26-30-25(19-9-7-18(16-27)8-10-19)22-17-29-13-14-31(22,26)28/h2-6,11-15,17-19H,7-10,16,27-28H2,1H3/q+1. The molecule has 4 N–H and O–H groups in total. The zero-order chi connectivity index (χ0) is 22.8. The highest BCUT2D eigenvalue weighted by molar-refractivity contribution is 6.00. The molecule has 0 aromatic heterocycles. The van der Waals surface area contributed by atoms with E-state index >= 15 is 0 Å². The Hall–Kier alpha value is -3.26. The number of amidine groups is 1. The summed E-state index contributed by atoms with van der Waals surface area (Å²) in [6.45, 7) is 0.755. The molecule has 0 bridgehead atoms. The maximum atomic E-state index is 6.92. The molecule has 1 unspecified atom stereocenters. The maximum Gasteiger partial charge on any atom is 0.265 e. The van der Waals surface area contributed by atoms with Crippen LogP contribution in [0.5, 0.6) is 17.2 Å². The Morgan fingerprint density at radius 1 is 1.03 bits per heavy atom. The molecule has 1 aliphatic carbocycles. The molecule has 7 nitrogen and oxygen atoms in total. The molecule has 1 fully saturated rings. The summed E-state index contributed by atoms with van der Waals surface area (Å²) in [6.07, 6.45) is 9.86. The van der Waals surface area contributed by atoms with E-state index in [2.05, 4.69) is 4.99 Å². The summed E-state index contributed by atoms with van der Waals surface area (Å²) in [5, 5.41) is 0. The number of allylic oxidation sites excluding steroid dienone is 2. The van der Waals surface area contributed by atoms with Gasteiger partial charge in [-0.2, -0.15) is 10.8 Å². The predicted molar refractivity (Wildman–Crippen MR) is 130 cm³/mol. The van der Waals surface area contributed by atoms with Gasteiger partial charge in [-0.1, -0.05) is 18.2 Å². The third-order valence-corrected chi connectivity index (χ3v) is 6.78. The fourth-order valence-corrected chi connectivity index (χ4v) is 4.88. The molecule has 0 saturated heterocycles. The summed E-state index contributed by atoms with van der Waals surface area (Å²) in [6, 6.07) is 15.5. The molecule has 7 heteroatoms. The van der Waals surface area contributed by atoms with Crippen LogP contribution in [0.4, 0.5) is 0 Å². The second-order valence-electron chi connectivity index (χ2n) is 8.79. The molecule has 0 amide bonds. The van der Waals surface area contributed by atoms with Gasteiger partial charge in [-0.3, -0.25) is 4.99 Å². The van der Waals surface area contributed by atoms with E-state index in [0.717, 1.165) is 60.8 Å². The van der Waals surface area contributed by atoms with Gasteiger partial charge in [0, 0.05) is 5.92 Å². The second kappa shape index (κ2) is 8.94. The summed E-state index contributed by atoms with van der Waals surface area (Å²) >= 11 is 0. The van der Waals surface area contributed by atoms with Crippen LogP contribution >= 0.6 is 0 Å². The van der Waals surface area contributed by atoms with Gasteiger partial charge in [0.2, 0.25) is 5.70 Å². The minimum Gasteiger partial charge on any atom is -0.493 e. The average Bonchev–Trinajstić information content (AvgIpc) is 3.18. The van der Waals surface area contributed by atoms with Crippen LogP contribution in [0.2, 0.25) is 0 Å². The summed E-state index contributed by atoms with van der Waals surface area (Å²) in [5.41, 5.74) is 8.77. The third kappa shape index (κ3) is 3.99. The smallest absolute Gasteiger partial charge is 0.265 e. The monoisotopic (exact) mass is 444 g/mol. The van der Waals surface area contributed by atoms with E-state index in [1.165, 1.54) is 0 Å². The Bertz CT molecular complexity index is 1150. The van der Waals surface area contributed by atoms with E-state index in [1.54, 1.807) is 13.3 Å². The minimum absolute atomic E-state index is 0.0116. The number of aliphatic imine (C=N–C) groups is 2. The van der Waals surface area contributed by atoms with E-state index in [-0.39, 0.29) is 4.59 Å². The number of hydrogen-bond donors (Lipinski definition) is 2. The summed E-state index contributed by atoms with van der Waals surface area (Å²) in [4.78, 5) is 9.48. The van der Waals surface area contributed by atoms with Gasteiger partial charge in [-0.15, -0.1) is 4.59 Å². The quantitative estimate of drug-likeness (QED) is 0.508. The first-order chi connectivity index (χ1) is 16.1. The lowest BCUT2D eigenvalue weighted by molar-refractivity contribution is -0.750. The van der Waals surface area contributed by atoms with Crippen LogP contribution in [-0.4, -0.2) is 30.3 Å². The lowest BCUT2D eigenvalue weighted by Crippen LogP contribution is -2.53. The molecule has 3 aliphatic rings. The first kappa shape index (κ1) is 21.6. The first-order valence-corrected chi connectivity index (χ1v) is 11.5. The van der Waals surface area contributed by atoms with Gasteiger partial charge in [0.1, 0.15) is 17.6 Å². The Morgan fingerprint density at radius 3 is 2.55 bits per heavy atom. The third-order valence-electron chi connectivity index (χ3n) is 6.78. The molecule has 2 heterocycles. The number of ether oxygens (including phenoxy) is 2. The topological polar surface area (TPSA) is 95.2 Å². The van der Waals surface area contributed by atoms with Crippen molar-refractivity contribution in [1.82, 2.24) is 0 Å². The van der Waals surface area contributed by atoms with Crippen molar-refractivity contribution in [2.75, 3.05) is 13.7 Å².